The van der Waals surface area contributed by atoms with E-state index < -0.39 is 38.6 Å². The van der Waals surface area contributed by atoms with Gasteiger partial charge in [-0.15, -0.1) is 0 Å². The van der Waals surface area contributed by atoms with E-state index in [0.29, 0.717) is 35.2 Å². The SMILES string of the molecule is CC[C@@H](CC(=O)OCOC(=O)c1ccc(CNC(=O)[C@H](C)OP(=O)(O)O)cc1)c1ccc(N(CC(C)C)CC(C)C)c(NC(=O)Nc2ccc(C)cc2)c1. The summed E-state index contributed by atoms with van der Waals surface area (Å²) >= 11 is 0. The van der Waals surface area contributed by atoms with E-state index in [1.807, 2.05) is 56.3 Å². The Kier molecular flexibility index (Phi) is 16.7. The lowest BCUT2D eigenvalue weighted by molar-refractivity contribution is -0.152. The molecule has 0 bridgehead atoms. The molecule has 3 aromatic carbocycles. The van der Waals surface area contributed by atoms with Gasteiger partial charge in [-0.3, -0.25) is 14.1 Å². The molecule has 0 aromatic heterocycles. The Balaban J connectivity index is 1.63. The molecule has 3 rings (SSSR count). The van der Waals surface area contributed by atoms with E-state index in [4.69, 9.17) is 19.3 Å². The summed E-state index contributed by atoms with van der Waals surface area (Å²) in [6, 6.07) is 19.1. The number of urea groups is 1. The number of carbonyl (C=O) groups excluding carboxylic acids is 4. The summed E-state index contributed by atoms with van der Waals surface area (Å²) < 4.78 is 25.7. The van der Waals surface area contributed by atoms with Crippen LogP contribution in [0.4, 0.5) is 21.9 Å². The molecule has 0 aliphatic rings. The number of aryl methyl sites for hydroxylation is 1. The number of benzene rings is 3. The predicted molar refractivity (Wildman–Crippen MR) is 207 cm³/mol. The second-order valence-electron chi connectivity index (χ2n) is 13.9. The van der Waals surface area contributed by atoms with Gasteiger partial charge >= 0.3 is 25.8 Å². The maximum Gasteiger partial charge on any atom is 0.470 e. The lowest BCUT2D eigenvalue weighted by Crippen LogP contribution is -2.33. The molecule has 0 radical (unpaired) electrons. The maximum atomic E-state index is 13.2. The fourth-order valence-corrected chi connectivity index (χ4v) is 6.10. The summed E-state index contributed by atoms with van der Waals surface area (Å²) in [4.78, 5) is 70.7. The summed E-state index contributed by atoms with van der Waals surface area (Å²) in [6.45, 7) is 14.7. The normalized spacial score (nSPS) is 12.5. The van der Waals surface area contributed by atoms with Crippen molar-refractivity contribution in [3.05, 3.63) is 89.0 Å². The fraction of sp³-hybridized carbons (Fsp3) is 0.436. The lowest BCUT2D eigenvalue weighted by Gasteiger charge is -2.31. The van der Waals surface area contributed by atoms with Crippen LogP contribution in [0.15, 0.2) is 66.7 Å². The van der Waals surface area contributed by atoms with E-state index >= 15 is 0 Å². The molecule has 0 spiro atoms. The minimum Gasteiger partial charge on any atom is -0.428 e. The van der Waals surface area contributed by atoms with Gasteiger partial charge in [0.1, 0.15) is 6.10 Å². The largest absolute Gasteiger partial charge is 0.470 e. The van der Waals surface area contributed by atoms with E-state index in [0.717, 1.165) is 29.9 Å². The lowest BCUT2D eigenvalue weighted by atomic mass is 9.92. The monoisotopic (exact) mass is 768 g/mol. The van der Waals surface area contributed by atoms with Crippen LogP contribution in [0, 0.1) is 18.8 Å². The number of nitrogens with one attached hydrogen (secondary N) is 3. The molecule has 294 valence electrons. The number of hydrogen-bond donors (Lipinski definition) is 5. The van der Waals surface area contributed by atoms with E-state index in [1.54, 1.807) is 12.1 Å². The molecule has 5 N–H and O–H groups in total. The second-order valence-corrected chi connectivity index (χ2v) is 15.1. The van der Waals surface area contributed by atoms with Gasteiger partial charge in [-0.25, -0.2) is 14.2 Å². The molecule has 54 heavy (non-hydrogen) atoms. The smallest absolute Gasteiger partial charge is 0.428 e. The molecule has 0 heterocycles. The number of amides is 3. The highest BCUT2D eigenvalue weighted by Gasteiger charge is 2.24. The van der Waals surface area contributed by atoms with Crippen molar-refractivity contribution in [1.29, 1.82) is 0 Å². The van der Waals surface area contributed by atoms with Crippen molar-refractivity contribution >= 4 is 48.8 Å². The number of phosphoric acid groups is 1. The Morgan fingerprint density at radius 2 is 1.46 bits per heavy atom. The van der Waals surface area contributed by atoms with Gasteiger partial charge < -0.3 is 40.1 Å². The Morgan fingerprint density at radius 3 is 2.04 bits per heavy atom. The van der Waals surface area contributed by atoms with Crippen molar-refractivity contribution in [1.82, 2.24) is 5.32 Å². The summed E-state index contributed by atoms with van der Waals surface area (Å²) in [5.74, 6) is -1.50. The van der Waals surface area contributed by atoms with Gasteiger partial charge in [0, 0.05) is 25.3 Å². The van der Waals surface area contributed by atoms with Crippen LogP contribution in [0.5, 0.6) is 0 Å². The Bertz CT molecular complexity index is 1750. The molecule has 0 aliphatic heterocycles. The molecule has 2 atom stereocenters. The third kappa shape index (κ3) is 14.9. The molecule has 14 nitrogen and oxygen atoms in total. The third-order valence-corrected chi connectivity index (χ3v) is 8.79. The van der Waals surface area contributed by atoms with Crippen LogP contribution in [0.3, 0.4) is 0 Å². The predicted octanol–water partition coefficient (Wildman–Crippen LogP) is 7.11. The van der Waals surface area contributed by atoms with Crippen molar-refractivity contribution in [2.24, 2.45) is 11.8 Å². The Morgan fingerprint density at radius 1 is 0.833 bits per heavy atom. The summed E-state index contributed by atoms with van der Waals surface area (Å²) in [5, 5.41) is 8.44. The van der Waals surface area contributed by atoms with E-state index in [2.05, 4.69) is 53.1 Å². The summed E-state index contributed by atoms with van der Waals surface area (Å²) in [5.41, 5.74) is 4.87. The Labute approximate surface area is 317 Å². The molecule has 3 amide bonds. The van der Waals surface area contributed by atoms with Gasteiger partial charge in [0.05, 0.1) is 23.4 Å². The number of rotatable bonds is 19. The molecule has 0 saturated heterocycles. The van der Waals surface area contributed by atoms with Crippen LogP contribution < -0.4 is 20.9 Å². The zero-order chi connectivity index (χ0) is 40.0. The molecular weight excluding hydrogens is 715 g/mol. The third-order valence-electron chi connectivity index (χ3n) is 8.20. The van der Waals surface area contributed by atoms with Gasteiger partial charge in [-0.2, -0.15) is 0 Å². The highest BCUT2D eigenvalue weighted by atomic mass is 31.2. The number of carbonyl (C=O) groups is 4. The van der Waals surface area contributed by atoms with Crippen LogP contribution in [0.1, 0.15) is 87.4 Å². The Hall–Kier alpha value is -4.75. The van der Waals surface area contributed by atoms with Crippen molar-refractivity contribution in [2.75, 3.05) is 35.4 Å². The van der Waals surface area contributed by atoms with Crippen LogP contribution >= 0.6 is 7.82 Å². The van der Waals surface area contributed by atoms with Gasteiger partial charge in [0.15, 0.2) is 0 Å². The van der Waals surface area contributed by atoms with E-state index in [-0.39, 0.29) is 30.5 Å². The molecule has 0 unspecified atom stereocenters. The molecule has 15 heteroatoms. The average Bonchev–Trinajstić information content (AvgIpc) is 3.09. The minimum atomic E-state index is -4.82. The first-order valence-electron chi connectivity index (χ1n) is 17.9. The minimum absolute atomic E-state index is 0.0162. The van der Waals surface area contributed by atoms with Crippen LogP contribution in [-0.4, -0.2) is 59.7 Å². The van der Waals surface area contributed by atoms with Crippen molar-refractivity contribution < 1.29 is 47.5 Å². The molecular formula is C39H53N4O10P. The number of hydrogen-bond acceptors (Lipinski definition) is 9. The van der Waals surface area contributed by atoms with Crippen molar-refractivity contribution in [3.8, 4) is 0 Å². The van der Waals surface area contributed by atoms with Crippen molar-refractivity contribution in [2.45, 2.75) is 79.9 Å². The van der Waals surface area contributed by atoms with E-state index in [9.17, 15) is 23.7 Å². The standard InChI is InChI=1S/C39H53N4O10P/c1-8-30(20-36(44)51-24-52-38(46)31-13-11-29(12-14-31)21-40-37(45)28(7)53-54(48,49)50)32-15-18-35(43(22-25(2)3)23-26(4)5)34(19-32)42-39(47)41-33-16-9-27(6)10-17-33/h9-19,25-26,28,30H,8,20-24H2,1-7H3,(H,40,45)(H2,41,42,47)(H2,48,49,50)/t28-,30-/m0/s1. The fourth-order valence-electron chi connectivity index (χ4n) is 5.59. The number of phosphoric ester groups is 1. The topological polar surface area (TPSA) is 193 Å². The molecule has 0 aliphatic carbocycles. The first-order valence-corrected chi connectivity index (χ1v) is 19.4. The molecule has 0 saturated carbocycles. The number of esters is 2. The highest BCUT2D eigenvalue weighted by Crippen LogP contribution is 2.37. The zero-order valence-corrected chi connectivity index (χ0v) is 32.9. The number of ether oxygens (including phenoxy) is 2. The second kappa shape index (κ2) is 20.6. The molecule has 3 aromatic rings. The summed E-state index contributed by atoms with van der Waals surface area (Å²) in [7, 11) is -4.82. The molecule has 0 fully saturated rings. The maximum absolute atomic E-state index is 13.2. The first kappa shape index (κ1) is 43.7. The highest BCUT2D eigenvalue weighted by molar-refractivity contribution is 7.46. The van der Waals surface area contributed by atoms with Gasteiger partial charge in [-0.1, -0.05) is 70.5 Å². The average molecular weight is 769 g/mol. The summed E-state index contributed by atoms with van der Waals surface area (Å²) in [6.07, 6.45) is -0.746. The van der Waals surface area contributed by atoms with Crippen LogP contribution in [-0.2, 0) is 34.7 Å². The number of nitrogens with zero attached hydrogens (tertiary/aromatic N) is 1. The van der Waals surface area contributed by atoms with Crippen LogP contribution in [0.2, 0.25) is 0 Å². The van der Waals surface area contributed by atoms with E-state index in [1.165, 1.54) is 19.1 Å². The van der Waals surface area contributed by atoms with Gasteiger partial charge in [0.25, 0.3) is 0 Å². The number of anilines is 3. The van der Waals surface area contributed by atoms with Gasteiger partial charge in [0.2, 0.25) is 12.7 Å². The zero-order valence-electron chi connectivity index (χ0n) is 32.0. The quantitative estimate of drug-likeness (QED) is 0.0474. The van der Waals surface area contributed by atoms with Crippen LogP contribution in [0.25, 0.3) is 0 Å². The first-order chi connectivity index (χ1) is 25.4. The van der Waals surface area contributed by atoms with Gasteiger partial charge in [-0.05, 0) is 85.5 Å². The van der Waals surface area contributed by atoms with Crippen molar-refractivity contribution in [3.63, 3.8) is 0 Å².